The maximum Gasteiger partial charge on any atom is 0.290 e. The summed E-state index contributed by atoms with van der Waals surface area (Å²) < 4.78 is 27.8. The van der Waals surface area contributed by atoms with Gasteiger partial charge in [-0.2, -0.15) is 0 Å². The molecule has 3 aromatic rings. The van der Waals surface area contributed by atoms with Crippen LogP contribution in [0, 0.1) is 0 Å². The first-order chi connectivity index (χ1) is 18.5. The molecule has 1 aromatic heterocycles. The molecule has 10 nitrogen and oxygen atoms in total. The number of Topliss-reactive ketones (excluding diaryl/α,β-unsaturated/α-hetero) is 1. The third-order valence-electron chi connectivity index (χ3n) is 6.99. The molecular weight excluding hydrogens is 492 g/mol. The lowest BCUT2D eigenvalue weighted by Crippen LogP contribution is -2.43. The SMILES string of the molecule is COc1cccc([C@H]2C(C(=O)c3cc4cccc(OC)c4o3)=C(O)C(=O)N2CCN2CCOCC2)c1OC. The summed E-state index contributed by atoms with van der Waals surface area (Å²) in [6, 6.07) is 11.2. The van der Waals surface area contributed by atoms with Crippen molar-refractivity contribution in [2.24, 2.45) is 0 Å². The van der Waals surface area contributed by atoms with Crippen LogP contribution in [-0.2, 0) is 9.53 Å². The minimum absolute atomic E-state index is 0.0132. The van der Waals surface area contributed by atoms with E-state index in [1.807, 2.05) is 0 Å². The number of carbonyl (C=O) groups excluding carboxylic acids is 2. The molecule has 5 rings (SSSR count). The second-order valence-corrected chi connectivity index (χ2v) is 9.02. The first-order valence-corrected chi connectivity index (χ1v) is 12.3. The van der Waals surface area contributed by atoms with Crippen molar-refractivity contribution in [2.45, 2.75) is 6.04 Å². The number of methoxy groups -OCH3 is 3. The van der Waals surface area contributed by atoms with Gasteiger partial charge in [0.1, 0.15) is 0 Å². The van der Waals surface area contributed by atoms with Crippen molar-refractivity contribution in [1.29, 1.82) is 0 Å². The Kier molecular flexibility index (Phi) is 7.26. The van der Waals surface area contributed by atoms with Gasteiger partial charge in [0.05, 0.1) is 46.2 Å². The summed E-state index contributed by atoms with van der Waals surface area (Å²) in [4.78, 5) is 31.0. The summed E-state index contributed by atoms with van der Waals surface area (Å²) in [6.07, 6.45) is 0. The number of hydrogen-bond acceptors (Lipinski definition) is 9. The number of furan rings is 1. The average Bonchev–Trinajstić information content (AvgIpc) is 3.50. The smallest absolute Gasteiger partial charge is 0.290 e. The van der Waals surface area contributed by atoms with E-state index in [2.05, 4.69) is 4.90 Å². The largest absolute Gasteiger partial charge is 0.503 e. The molecule has 10 heteroatoms. The third kappa shape index (κ3) is 4.46. The topological polar surface area (TPSA) is 111 Å². The molecule has 2 aliphatic heterocycles. The van der Waals surface area contributed by atoms with Crippen molar-refractivity contribution in [3.8, 4) is 17.2 Å². The van der Waals surface area contributed by atoms with Gasteiger partial charge in [0.25, 0.3) is 5.91 Å². The summed E-state index contributed by atoms with van der Waals surface area (Å²) in [5.74, 6) is -0.573. The fourth-order valence-electron chi connectivity index (χ4n) is 5.08. The molecule has 0 radical (unpaired) electrons. The minimum atomic E-state index is -0.920. The predicted molar refractivity (Wildman–Crippen MR) is 138 cm³/mol. The highest BCUT2D eigenvalue weighted by Gasteiger charge is 2.46. The van der Waals surface area contributed by atoms with Gasteiger partial charge in [0.2, 0.25) is 5.78 Å². The lowest BCUT2D eigenvalue weighted by Gasteiger charge is -2.32. The van der Waals surface area contributed by atoms with Crippen LogP contribution < -0.4 is 14.2 Å². The molecule has 0 aliphatic carbocycles. The molecule has 0 spiro atoms. The van der Waals surface area contributed by atoms with Gasteiger partial charge in [-0.1, -0.05) is 24.3 Å². The number of benzene rings is 2. The average molecular weight is 523 g/mol. The number of morpholine rings is 1. The molecule has 0 saturated carbocycles. The Bertz CT molecular complexity index is 1390. The maximum atomic E-state index is 13.9. The zero-order chi connectivity index (χ0) is 26.8. The second kappa shape index (κ2) is 10.8. The molecule has 2 aliphatic rings. The van der Waals surface area contributed by atoms with E-state index in [1.165, 1.54) is 26.2 Å². The van der Waals surface area contributed by atoms with Crippen LogP contribution in [0.5, 0.6) is 17.2 Å². The molecule has 2 aromatic carbocycles. The van der Waals surface area contributed by atoms with Gasteiger partial charge in [0.15, 0.2) is 34.4 Å². The fourth-order valence-corrected chi connectivity index (χ4v) is 5.08. The van der Waals surface area contributed by atoms with E-state index in [0.29, 0.717) is 53.5 Å². The van der Waals surface area contributed by atoms with E-state index in [1.54, 1.807) is 42.5 Å². The number of nitrogens with zero attached hydrogens (tertiary/aromatic N) is 2. The summed E-state index contributed by atoms with van der Waals surface area (Å²) in [6.45, 7) is 3.53. The molecular formula is C28H30N2O8. The Morgan fingerprint density at radius 1 is 1.00 bits per heavy atom. The number of fused-ring (bicyclic) bond motifs is 1. The summed E-state index contributed by atoms with van der Waals surface area (Å²) >= 11 is 0. The van der Waals surface area contributed by atoms with Crippen molar-refractivity contribution in [1.82, 2.24) is 9.80 Å². The molecule has 1 N–H and O–H groups in total. The normalized spacial score (nSPS) is 18.3. The van der Waals surface area contributed by atoms with E-state index in [9.17, 15) is 14.7 Å². The Morgan fingerprint density at radius 2 is 1.71 bits per heavy atom. The number of hydrogen-bond donors (Lipinski definition) is 1. The number of para-hydroxylation sites is 2. The first-order valence-electron chi connectivity index (χ1n) is 12.3. The van der Waals surface area contributed by atoms with Gasteiger partial charge in [-0.05, 0) is 18.2 Å². The van der Waals surface area contributed by atoms with Crippen LogP contribution in [0.1, 0.15) is 22.2 Å². The first kappa shape index (κ1) is 25.6. The molecule has 1 fully saturated rings. The molecule has 200 valence electrons. The minimum Gasteiger partial charge on any atom is -0.503 e. The van der Waals surface area contributed by atoms with Crippen LogP contribution in [-0.4, -0.2) is 87.3 Å². The van der Waals surface area contributed by atoms with Crippen molar-refractivity contribution < 1.29 is 38.1 Å². The predicted octanol–water partition coefficient (Wildman–Crippen LogP) is 3.37. The molecule has 1 saturated heterocycles. The number of aliphatic hydroxyl groups is 1. The van der Waals surface area contributed by atoms with Gasteiger partial charge >= 0.3 is 0 Å². The Hall–Kier alpha value is -4.02. The fraction of sp³-hybridized carbons (Fsp3) is 0.357. The van der Waals surface area contributed by atoms with Crippen LogP contribution in [0.4, 0.5) is 0 Å². The number of aliphatic hydroxyl groups excluding tert-OH is 1. The third-order valence-corrected chi connectivity index (χ3v) is 6.99. The van der Waals surface area contributed by atoms with Crippen LogP contribution in [0.3, 0.4) is 0 Å². The summed E-state index contributed by atoms with van der Waals surface area (Å²) in [5.41, 5.74) is 0.840. The monoisotopic (exact) mass is 522 g/mol. The quantitative estimate of drug-likeness (QED) is 0.423. The molecule has 38 heavy (non-hydrogen) atoms. The Balaban J connectivity index is 1.58. The van der Waals surface area contributed by atoms with Gasteiger partial charge < -0.3 is 33.4 Å². The number of ether oxygens (including phenoxy) is 4. The van der Waals surface area contributed by atoms with Crippen molar-refractivity contribution in [3.05, 3.63) is 65.1 Å². The highest BCUT2D eigenvalue weighted by Crippen LogP contribution is 2.45. The van der Waals surface area contributed by atoms with Crippen molar-refractivity contribution in [3.63, 3.8) is 0 Å². The van der Waals surface area contributed by atoms with E-state index in [4.69, 9.17) is 23.4 Å². The highest BCUT2D eigenvalue weighted by molar-refractivity contribution is 6.16. The Morgan fingerprint density at radius 3 is 2.42 bits per heavy atom. The number of carbonyl (C=O) groups is 2. The number of rotatable bonds is 9. The number of amides is 1. The summed E-state index contributed by atoms with van der Waals surface area (Å²) in [5, 5.41) is 11.8. The molecule has 0 unspecified atom stereocenters. The molecule has 3 heterocycles. The Labute approximate surface area is 219 Å². The van der Waals surface area contributed by atoms with Gasteiger partial charge in [-0.25, -0.2) is 0 Å². The molecule has 0 bridgehead atoms. The zero-order valence-corrected chi connectivity index (χ0v) is 21.6. The van der Waals surface area contributed by atoms with Crippen LogP contribution >= 0.6 is 0 Å². The van der Waals surface area contributed by atoms with E-state index >= 15 is 0 Å². The second-order valence-electron chi connectivity index (χ2n) is 9.02. The zero-order valence-electron chi connectivity index (χ0n) is 21.6. The van der Waals surface area contributed by atoms with E-state index < -0.39 is 23.5 Å². The van der Waals surface area contributed by atoms with E-state index in [0.717, 1.165) is 13.1 Å². The van der Waals surface area contributed by atoms with Crippen LogP contribution in [0.15, 0.2) is 58.2 Å². The van der Waals surface area contributed by atoms with E-state index in [-0.39, 0.29) is 17.9 Å². The number of ketones is 1. The maximum absolute atomic E-state index is 13.9. The summed E-state index contributed by atoms with van der Waals surface area (Å²) in [7, 11) is 4.52. The van der Waals surface area contributed by atoms with Gasteiger partial charge in [0, 0.05) is 37.1 Å². The highest BCUT2D eigenvalue weighted by atomic mass is 16.5. The standard InChI is InChI=1S/C28H30N2O8/c1-34-19-8-4-6-17-16-21(38-26(17)19)24(31)22-23(18-7-5-9-20(35-2)27(18)36-3)30(28(33)25(22)32)11-10-29-12-14-37-15-13-29/h4-9,16,23,32H,10-15H2,1-3H3/t23-/m0/s1. The lowest BCUT2D eigenvalue weighted by atomic mass is 9.94. The van der Waals surface area contributed by atoms with Crippen molar-refractivity contribution in [2.75, 3.05) is 60.7 Å². The molecule has 1 atom stereocenters. The molecule has 1 amide bonds. The van der Waals surface area contributed by atoms with Gasteiger partial charge in [-0.3, -0.25) is 14.5 Å². The lowest BCUT2D eigenvalue weighted by molar-refractivity contribution is -0.129. The van der Waals surface area contributed by atoms with Gasteiger partial charge in [-0.15, -0.1) is 0 Å². The van der Waals surface area contributed by atoms with Crippen LogP contribution in [0.2, 0.25) is 0 Å². The van der Waals surface area contributed by atoms with Crippen molar-refractivity contribution >= 4 is 22.7 Å². The van der Waals surface area contributed by atoms with Crippen LogP contribution in [0.25, 0.3) is 11.0 Å².